The Morgan fingerprint density at radius 2 is 2.16 bits per heavy atom. The molecule has 0 aliphatic rings. The average molecular weight is 281 g/mol. The molecule has 7 nitrogen and oxygen atoms in total. The molecule has 0 amide bonds. The van der Waals surface area contributed by atoms with Crippen LogP contribution >= 0.6 is 0 Å². The smallest absolute Gasteiger partial charge is 0.244 e. The van der Waals surface area contributed by atoms with E-state index in [4.69, 9.17) is 5.73 Å². The molecule has 19 heavy (non-hydrogen) atoms. The van der Waals surface area contributed by atoms with E-state index in [1.807, 2.05) is 0 Å². The normalized spacial score (nSPS) is 11.7. The number of nitrogens with zero attached hydrogens (tertiary/aromatic N) is 3. The van der Waals surface area contributed by atoms with Gasteiger partial charge in [0.05, 0.1) is 5.69 Å². The van der Waals surface area contributed by atoms with Crippen LogP contribution in [-0.4, -0.2) is 23.2 Å². The van der Waals surface area contributed by atoms with Gasteiger partial charge in [0.1, 0.15) is 10.7 Å². The number of nitrogen functional groups attached to an aromatic ring is 1. The molecule has 0 saturated carbocycles. The van der Waals surface area contributed by atoms with Crippen LogP contribution in [0.25, 0.3) is 0 Å². The van der Waals surface area contributed by atoms with E-state index in [0.717, 1.165) is 5.56 Å². The molecule has 0 fully saturated rings. The summed E-state index contributed by atoms with van der Waals surface area (Å²) < 4.78 is 28.2. The topological polar surface area (TPSA) is 103 Å². The number of hydrogen-bond donors (Lipinski definition) is 2. The van der Waals surface area contributed by atoms with Crippen LogP contribution in [0.2, 0.25) is 0 Å². The fourth-order valence-electron chi connectivity index (χ4n) is 1.64. The number of nitrogens with one attached hydrogen (secondary N) is 1. The Balaban J connectivity index is 2.14. The standard InChI is InChI=1S/C11H15N5O2S/c1-8-10(7-16(2)15-8)19(17,18)14-6-9-3-4-11(12)13-5-9/h3-5,7,14H,6H2,1-2H3,(H2,12,13). The maximum Gasteiger partial charge on any atom is 0.244 e. The zero-order valence-electron chi connectivity index (χ0n) is 10.7. The number of aromatic nitrogens is 3. The molecule has 0 spiro atoms. The molecule has 0 aromatic carbocycles. The van der Waals surface area contributed by atoms with E-state index in [1.54, 1.807) is 26.1 Å². The molecule has 2 heterocycles. The number of rotatable bonds is 4. The van der Waals surface area contributed by atoms with Crippen molar-refractivity contribution in [2.75, 3.05) is 5.73 Å². The van der Waals surface area contributed by atoms with Gasteiger partial charge in [-0.15, -0.1) is 0 Å². The van der Waals surface area contributed by atoms with Crippen LogP contribution in [0.1, 0.15) is 11.3 Å². The second-order valence-electron chi connectivity index (χ2n) is 4.17. The van der Waals surface area contributed by atoms with Crippen LogP contribution in [-0.2, 0) is 23.6 Å². The molecule has 0 saturated heterocycles. The summed E-state index contributed by atoms with van der Waals surface area (Å²) in [6.45, 7) is 1.81. The minimum atomic E-state index is -3.57. The molecular weight excluding hydrogens is 266 g/mol. The fraction of sp³-hybridized carbons (Fsp3) is 0.273. The Hall–Kier alpha value is -1.93. The first-order chi connectivity index (χ1) is 8.88. The summed E-state index contributed by atoms with van der Waals surface area (Å²) in [6.07, 6.45) is 3.01. The van der Waals surface area contributed by atoms with Gasteiger partial charge in [0.2, 0.25) is 10.0 Å². The van der Waals surface area contributed by atoms with Crippen molar-refractivity contribution in [3.63, 3.8) is 0 Å². The van der Waals surface area contributed by atoms with Crippen molar-refractivity contribution in [1.29, 1.82) is 0 Å². The summed E-state index contributed by atoms with van der Waals surface area (Å²) in [5, 5.41) is 4.01. The van der Waals surface area contributed by atoms with E-state index in [9.17, 15) is 8.42 Å². The first-order valence-corrected chi connectivity index (χ1v) is 7.07. The fourth-order valence-corrected chi connectivity index (χ4v) is 2.87. The van der Waals surface area contributed by atoms with Crippen molar-refractivity contribution in [2.24, 2.45) is 7.05 Å². The van der Waals surface area contributed by atoms with Gasteiger partial charge in [0.25, 0.3) is 0 Å². The van der Waals surface area contributed by atoms with Crippen molar-refractivity contribution in [2.45, 2.75) is 18.4 Å². The lowest BCUT2D eigenvalue weighted by molar-refractivity contribution is 0.580. The highest BCUT2D eigenvalue weighted by Gasteiger charge is 2.19. The van der Waals surface area contributed by atoms with Gasteiger partial charge in [-0.05, 0) is 18.6 Å². The second-order valence-corrected chi connectivity index (χ2v) is 5.90. The van der Waals surface area contributed by atoms with Crippen LogP contribution in [0.15, 0.2) is 29.4 Å². The monoisotopic (exact) mass is 281 g/mol. The van der Waals surface area contributed by atoms with Crippen molar-refractivity contribution < 1.29 is 8.42 Å². The summed E-state index contributed by atoms with van der Waals surface area (Å²) in [5.74, 6) is 0.398. The molecule has 0 aliphatic carbocycles. The predicted octanol–water partition coefficient (Wildman–Crippen LogP) is 0.184. The minimum absolute atomic E-state index is 0.157. The molecule has 0 radical (unpaired) electrons. The molecular formula is C11H15N5O2S. The quantitative estimate of drug-likeness (QED) is 0.832. The predicted molar refractivity (Wildman–Crippen MR) is 70.6 cm³/mol. The third kappa shape index (κ3) is 3.09. The first-order valence-electron chi connectivity index (χ1n) is 5.59. The number of pyridine rings is 1. The maximum absolute atomic E-state index is 12.1. The molecule has 0 atom stereocenters. The van der Waals surface area contributed by atoms with Crippen LogP contribution in [0.4, 0.5) is 5.82 Å². The van der Waals surface area contributed by atoms with Gasteiger partial charge in [-0.1, -0.05) is 6.07 Å². The second kappa shape index (κ2) is 4.98. The lowest BCUT2D eigenvalue weighted by atomic mass is 10.3. The third-order valence-electron chi connectivity index (χ3n) is 2.57. The van der Waals surface area contributed by atoms with E-state index in [2.05, 4.69) is 14.8 Å². The van der Waals surface area contributed by atoms with E-state index in [1.165, 1.54) is 17.1 Å². The number of anilines is 1. The average Bonchev–Trinajstić information content (AvgIpc) is 2.69. The Kier molecular flexibility index (Phi) is 3.54. The van der Waals surface area contributed by atoms with Gasteiger partial charge >= 0.3 is 0 Å². The summed E-state index contributed by atoms with van der Waals surface area (Å²) in [6, 6.07) is 3.35. The van der Waals surface area contributed by atoms with Gasteiger partial charge in [-0.3, -0.25) is 4.68 Å². The van der Waals surface area contributed by atoms with Gasteiger partial charge in [0.15, 0.2) is 0 Å². The molecule has 2 aromatic rings. The summed E-state index contributed by atoms with van der Waals surface area (Å²) in [5.41, 5.74) is 6.66. The molecule has 2 aromatic heterocycles. The molecule has 0 aliphatic heterocycles. The van der Waals surface area contributed by atoms with Gasteiger partial charge in [0, 0.05) is 26.0 Å². The third-order valence-corrected chi connectivity index (χ3v) is 4.08. The summed E-state index contributed by atoms with van der Waals surface area (Å²) in [7, 11) is -1.89. The molecule has 0 bridgehead atoms. The van der Waals surface area contributed by atoms with Crippen LogP contribution in [0, 0.1) is 6.92 Å². The highest BCUT2D eigenvalue weighted by molar-refractivity contribution is 7.89. The maximum atomic E-state index is 12.1. The largest absolute Gasteiger partial charge is 0.384 e. The molecule has 0 unspecified atom stereocenters. The van der Waals surface area contributed by atoms with E-state index in [0.29, 0.717) is 11.5 Å². The zero-order chi connectivity index (χ0) is 14.0. The lowest BCUT2D eigenvalue weighted by Gasteiger charge is -2.05. The van der Waals surface area contributed by atoms with E-state index in [-0.39, 0.29) is 11.4 Å². The summed E-state index contributed by atoms with van der Waals surface area (Å²) >= 11 is 0. The molecule has 3 N–H and O–H groups in total. The SMILES string of the molecule is Cc1nn(C)cc1S(=O)(=O)NCc1ccc(N)nc1. The number of sulfonamides is 1. The molecule has 8 heteroatoms. The first kappa shape index (κ1) is 13.5. The van der Waals surface area contributed by atoms with Crippen LogP contribution < -0.4 is 10.5 Å². The highest BCUT2D eigenvalue weighted by atomic mass is 32.2. The Morgan fingerprint density at radius 1 is 1.42 bits per heavy atom. The molecule has 102 valence electrons. The number of aryl methyl sites for hydroxylation is 2. The van der Waals surface area contributed by atoms with Crippen LogP contribution in [0.5, 0.6) is 0 Å². The summed E-state index contributed by atoms with van der Waals surface area (Å²) in [4.78, 5) is 4.08. The Labute approximate surface area is 111 Å². The number of nitrogens with two attached hydrogens (primary N) is 1. The Bertz CT molecular complexity index is 676. The molecule has 2 rings (SSSR count). The highest BCUT2D eigenvalue weighted by Crippen LogP contribution is 2.13. The van der Waals surface area contributed by atoms with E-state index >= 15 is 0 Å². The van der Waals surface area contributed by atoms with Crippen molar-refractivity contribution in [1.82, 2.24) is 19.5 Å². The lowest BCUT2D eigenvalue weighted by Crippen LogP contribution is -2.23. The minimum Gasteiger partial charge on any atom is -0.384 e. The van der Waals surface area contributed by atoms with Crippen molar-refractivity contribution >= 4 is 15.8 Å². The van der Waals surface area contributed by atoms with Gasteiger partial charge in [-0.25, -0.2) is 18.1 Å². The van der Waals surface area contributed by atoms with Crippen molar-refractivity contribution in [3.8, 4) is 0 Å². The zero-order valence-corrected chi connectivity index (χ0v) is 11.5. The van der Waals surface area contributed by atoms with E-state index < -0.39 is 10.0 Å². The van der Waals surface area contributed by atoms with Gasteiger partial charge in [-0.2, -0.15) is 5.10 Å². The van der Waals surface area contributed by atoms with Crippen LogP contribution in [0.3, 0.4) is 0 Å². The Morgan fingerprint density at radius 3 is 2.68 bits per heavy atom. The number of hydrogen-bond acceptors (Lipinski definition) is 5. The van der Waals surface area contributed by atoms with Gasteiger partial charge < -0.3 is 5.73 Å². The van der Waals surface area contributed by atoms with Crippen molar-refractivity contribution in [3.05, 3.63) is 35.8 Å².